The molecular weight excluding hydrogens is 747 g/mol. The smallest absolute Gasteiger partial charge is 0.462 e. The van der Waals surface area contributed by atoms with Crippen LogP contribution in [0.4, 0.5) is 0 Å². The average molecular weight is 819 g/mol. The molecule has 1 fully saturated rings. The topological polar surface area (TPSA) is 177 Å². The van der Waals surface area contributed by atoms with Crippen molar-refractivity contribution in [1.29, 1.82) is 0 Å². The Morgan fingerprint density at radius 2 is 1.35 bits per heavy atom. The zero-order chi connectivity index (χ0) is 42.0. The van der Waals surface area contributed by atoms with Gasteiger partial charge in [0.25, 0.3) is 0 Å². The first-order valence-electron chi connectivity index (χ1n) is 21.0. The Bertz CT molecular complexity index is 1360. The molecule has 0 heterocycles. The zero-order valence-corrected chi connectivity index (χ0v) is 35.3. The van der Waals surface area contributed by atoms with Crippen LogP contribution in [0.25, 0.3) is 0 Å². The molecule has 11 nitrogen and oxygen atoms in total. The number of ether oxygens (including phenoxy) is 2. The van der Waals surface area contributed by atoms with Gasteiger partial charge in [-0.05, 0) is 77.0 Å². The molecule has 0 aromatic rings. The second-order valence-electron chi connectivity index (χ2n) is 14.4. The molecule has 0 bridgehead atoms. The van der Waals surface area contributed by atoms with Gasteiger partial charge in [-0.15, -0.1) is 0 Å². The molecular formula is C45H71O11P. The second-order valence-corrected chi connectivity index (χ2v) is 15.6. The molecule has 322 valence electrons. The molecule has 0 unspecified atom stereocenters. The number of phosphoric ester groups is 1. The highest BCUT2D eigenvalue weighted by molar-refractivity contribution is 7.46. The molecule has 5 atom stereocenters. The molecule has 0 saturated heterocycles. The summed E-state index contributed by atoms with van der Waals surface area (Å²) < 4.78 is 26.3. The van der Waals surface area contributed by atoms with Gasteiger partial charge in [0.2, 0.25) is 0 Å². The van der Waals surface area contributed by atoms with Crippen LogP contribution in [0.2, 0.25) is 0 Å². The molecule has 0 radical (unpaired) electrons. The molecule has 1 aliphatic carbocycles. The van der Waals surface area contributed by atoms with Gasteiger partial charge in [-0.25, -0.2) is 4.57 Å². The Labute approximate surface area is 342 Å². The number of carbonyl (C=O) groups is 3. The first-order chi connectivity index (χ1) is 27.5. The first kappa shape index (κ1) is 51.8. The van der Waals surface area contributed by atoms with Crippen molar-refractivity contribution in [3.05, 3.63) is 85.1 Å². The first-order valence-corrected chi connectivity index (χ1v) is 22.5. The van der Waals surface area contributed by atoms with Crippen LogP contribution >= 0.6 is 7.82 Å². The van der Waals surface area contributed by atoms with Crippen molar-refractivity contribution < 1.29 is 52.9 Å². The van der Waals surface area contributed by atoms with Crippen LogP contribution in [0.1, 0.15) is 136 Å². The van der Waals surface area contributed by atoms with Gasteiger partial charge in [-0.1, -0.05) is 125 Å². The molecule has 4 N–H and O–H groups in total. The highest BCUT2D eigenvalue weighted by Crippen LogP contribution is 2.36. The van der Waals surface area contributed by atoms with Gasteiger partial charge >= 0.3 is 19.8 Å². The van der Waals surface area contributed by atoms with Crippen LogP contribution in [0.5, 0.6) is 0 Å². The minimum absolute atomic E-state index is 0.00834. The van der Waals surface area contributed by atoms with Gasteiger partial charge in [0.1, 0.15) is 12.4 Å². The van der Waals surface area contributed by atoms with E-state index in [2.05, 4.69) is 79.1 Å². The third-order valence-electron chi connectivity index (χ3n) is 9.27. The summed E-state index contributed by atoms with van der Waals surface area (Å²) in [6.45, 7) is 3.20. The zero-order valence-electron chi connectivity index (χ0n) is 34.4. The predicted molar refractivity (Wildman–Crippen MR) is 226 cm³/mol. The molecule has 1 rings (SSSR count). The molecule has 57 heavy (non-hydrogen) atoms. The molecule has 0 amide bonds. The summed E-state index contributed by atoms with van der Waals surface area (Å²) in [4.78, 5) is 55.5. The van der Waals surface area contributed by atoms with Gasteiger partial charge in [0, 0.05) is 31.1 Å². The van der Waals surface area contributed by atoms with Crippen LogP contribution < -0.4 is 0 Å². The van der Waals surface area contributed by atoms with E-state index in [9.17, 15) is 29.2 Å². The number of esters is 2. The Kier molecular flexibility index (Phi) is 30.7. The lowest BCUT2D eigenvalue weighted by Gasteiger charge is -2.18. The Balaban J connectivity index is 2.32. The summed E-state index contributed by atoms with van der Waals surface area (Å²) >= 11 is 0. The Morgan fingerprint density at radius 1 is 0.754 bits per heavy atom. The monoisotopic (exact) mass is 818 g/mol. The van der Waals surface area contributed by atoms with Crippen molar-refractivity contribution in [2.75, 3.05) is 13.2 Å². The predicted octanol–water partition coefficient (Wildman–Crippen LogP) is 9.43. The molecule has 0 aliphatic heterocycles. The summed E-state index contributed by atoms with van der Waals surface area (Å²) in [6.07, 6.45) is 39.5. The van der Waals surface area contributed by atoms with E-state index in [0.717, 1.165) is 70.6 Å². The number of unbranched alkanes of at least 4 members (excludes halogenated alkanes) is 6. The fourth-order valence-electron chi connectivity index (χ4n) is 6.08. The van der Waals surface area contributed by atoms with E-state index in [1.807, 2.05) is 12.2 Å². The van der Waals surface area contributed by atoms with Crippen molar-refractivity contribution in [1.82, 2.24) is 0 Å². The molecule has 0 spiro atoms. The highest BCUT2D eigenvalue weighted by atomic mass is 31.2. The van der Waals surface area contributed by atoms with Crippen molar-refractivity contribution >= 4 is 25.5 Å². The van der Waals surface area contributed by atoms with E-state index in [4.69, 9.17) is 19.3 Å². The van der Waals surface area contributed by atoms with Gasteiger partial charge in [0.05, 0.1) is 18.8 Å². The quantitative estimate of drug-likeness (QED) is 0.0215. The fraction of sp³-hybridized carbons (Fsp3) is 0.622. The van der Waals surface area contributed by atoms with E-state index in [1.165, 1.54) is 0 Å². The van der Waals surface area contributed by atoms with Crippen molar-refractivity contribution in [2.45, 2.75) is 154 Å². The van der Waals surface area contributed by atoms with Crippen LogP contribution in [-0.2, 0) is 32.9 Å². The number of aliphatic hydroxyl groups is 2. The lowest BCUT2D eigenvalue weighted by molar-refractivity contribution is -0.161. The molecule has 1 saturated carbocycles. The summed E-state index contributed by atoms with van der Waals surface area (Å²) in [5.74, 6) is -1.92. The number of Topliss-reactive ketones (excluding diaryl/α,β-unsaturated/α-hetero) is 1. The maximum absolute atomic E-state index is 12.5. The third-order valence-corrected chi connectivity index (χ3v) is 9.76. The molecule has 0 aromatic heterocycles. The third kappa shape index (κ3) is 29.7. The summed E-state index contributed by atoms with van der Waals surface area (Å²) in [5, 5.41) is 20.6. The fourth-order valence-corrected chi connectivity index (χ4v) is 6.45. The highest BCUT2D eigenvalue weighted by Gasteiger charge is 2.39. The summed E-state index contributed by atoms with van der Waals surface area (Å²) in [7, 11) is -4.84. The maximum atomic E-state index is 12.5. The number of aliphatic hydroxyl groups excluding tert-OH is 2. The number of phosphoric acid groups is 1. The average Bonchev–Trinajstić information content (AvgIpc) is 3.44. The minimum Gasteiger partial charge on any atom is -0.462 e. The van der Waals surface area contributed by atoms with Crippen molar-refractivity contribution in [3.8, 4) is 0 Å². The maximum Gasteiger partial charge on any atom is 0.469 e. The normalized spacial score (nSPS) is 19.2. The molecule has 1 aliphatic rings. The largest absolute Gasteiger partial charge is 0.469 e. The summed E-state index contributed by atoms with van der Waals surface area (Å²) in [5.41, 5.74) is 0. The lowest BCUT2D eigenvalue weighted by Crippen LogP contribution is -2.29. The Hall–Kier alpha value is -3.18. The molecule has 0 aromatic carbocycles. The van der Waals surface area contributed by atoms with Gasteiger partial charge in [-0.2, -0.15) is 0 Å². The van der Waals surface area contributed by atoms with Crippen LogP contribution in [0, 0.1) is 11.8 Å². The standard InChI is InChI=1S/C45H71O11P/c1-3-5-7-8-9-10-11-12-13-14-15-16-17-18-19-20-21-22-27-31-44(49)54-36-39(37-55-57(51,52)53)56-45(50)32-28-24-23-26-30-40-41(43(48)35-42(40)47)34-33-38(46)29-25-6-4-2/h5,7,9-10,12-13,15-16,18-19,23,26,33-34,38-42,46-47H,3-4,6,8,11,14,17,20-22,24-25,27-32,35-37H2,1-2H3,(H2,51,52,53)/b7-5-,10-9-,13-12-,16-15-,19-18-,26-23-,34-33+/t38-,39+,40+,41+,42-/m0/s1. The number of hydrogen-bond acceptors (Lipinski definition) is 9. The van der Waals surface area contributed by atoms with E-state index < -0.39 is 57.2 Å². The van der Waals surface area contributed by atoms with Crippen LogP contribution in [0.3, 0.4) is 0 Å². The van der Waals surface area contributed by atoms with Gasteiger partial charge < -0.3 is 29.5 Å². The second kappa shape index (κ2) is 33.8. The van der Waals surface area contributed by atoms with Gasteiger partial charge in [-0.3, -0.25) is 18.9 Å². The number of allylic oxidation sites excluding steroid dienone is 13. The van der Waals surface area contributed by atoms with Crippen molar-refractivity contribution in [3.63, 3.8) is 0 Å². The van der Waals surface area contributed by atoms with Crippen LogP contribution in [0.15, 0.2) is 85.1 Å². The Morgan fingerprint density at radius 3 is 1.98 bits per heavy atom. The number of ketones is 1. The molecule has 12 heteroatoms. The number of hydrogen-bond donors (Lipinski definition) is 4. The van der Waals surface area contributed by atoms with Crippen molar-refractivity contribution in [2.24, 2.45) is 11.8 Å². The number of rotatable bonds is 33. The number of carbonyl (C=O) groups excluding carboxylic acids is 3. The lowest BCUT2D eigenvalue weighted by atomic mass is 9.90. The van der Waals surface area contributed by atoms with Crippen LogP contribution in [-0.4, -0.2) is 69.2 Å². The van der Waals surface area contributed by atoms with E-state index in [0.29, 0.717) is 32.1 Å². The summed E-state index contributed by atoms with van der Waals surface area (Å²) in [6, 6.07) is 0. The van der Waals surface area contributed by atoms with E-state index in [1.54, 1.807) is 12.2 Å². The van der Waals surface area contributed by atoms with E-state index in [-0.39, 0.29) is 31.0 Å². The minimum atomic E-state index is -4.84. The SMILES string of the molecule is CC/C=C\C/C=C\C/C=C\C/C=C\C/C=C\CCCCCC(=O)OC[C@H](COP(=O)(O)O)OC(=O)CCC/C=C\C[C@H]1[C@@H](O)CC(=O)[C@@H]1/C=C/[C@@H](O)CCCCC. The van der Waals surface area contributed by atoms with E-state index >= 15 is 0 Å². The van der Waals surface area contributed by atoms with Gasteiger partial charge in [0.15, 0.2) is 6.10 Å².